The molecule has 5 nitrogen and oxygen atoms in total. The summed E-state index contributed by atoms with van der Waals surface area (Å²) in [5.41, 5.74) is -0.0897. The zero-order valence-corrected chi connectivity index (χ0v) is 13.8. The van der Waals surface area contributed by atoms with Gasteiger partial charge < -0.3 is 15.2 Å². The average Bonchev–Trinajstić information content (AvgIpc) is 2.54. The Balaban J connectivity index is 1.97. The summed E-state index contributed by atoms with van der Waals surface area (Å²) in [6.07, 6.45) is 0.375. The molecule has 2 aromatic rings. The molecule has 0 saturated carbocycles. The number of carbonyl (C=O) groups excluding carboxylic acids is 1. The van der Waals surface area contributed by atoms with Crippen molar-refractivity contribution in [3.63, 3.8) is 0 Å². The van der Waals surface area contributed by atoms with Gasteiger partial charge in [-0.15, -0.1) is 0 Å². The van der Waals surface area contributed by atoms with Gasteiger partial charge in [0.25, 0.3) is 5.91 Å². The van der Waals surface area contributed by atoms with Gasteiger partial charge in [0.1, 0.15) is 11.5 Å². The molecule has 126 valence electrons. The monoisotopic (exact) mass is 327 g/mol. The summed E-state index contributed by atoms with van der Waals surface area (Å²) in [4.78, 5) is 22.9. The predicted molar refractivity (Wildman–Crippen MR) is 91.4 cm³/mol. The predicted octanol–water partition coefficient (Wildman–Crippen LogP) is 3.85. The molecule has 0 heterocycles. The van der Waals surface area contributed by atoms with E-state index in [1.165, 1.54) is 0 Å². The summed E-state index contributed by atoms with van der Waals surface area (Å²) in [5.74, 6) is 0.254. The fourth-order valence-electron chi connectivity index (χ4n) is 2.16. The zero-order valence-electron chi connectivity index (χ0n) is 13.8. The van der Waals surface area contributed by atoms with E-state index in [9.17, 15) is 9.59 Å². The molecular weight excluding hydrogens is 306 g/mol. The van der Waals surface area contributed by atoms with Gasteiger partial charge in [-0.2, -0.15) is 0 Å². The van der Waals surface area contributed by atoms with E-state index < -0.39 is 11.5 Å². The first-order valence-electron chi connectivity index (χ1n) is 7.73. The minimum absolute atomic E-state index is 0.0110. The number of aliphatic carboxylic acids is 1. The van der Waals surface area contributed by atoms with Crippen molar-refractivity contribution in [2.45, 2.75) is 32.2 Å². The highest BCUT2D eigenvalue weighted by atomic mass is 16.5. The number of ether oxygens (including phenoxy) is 1. The minimum atomic E-state index is -0.875. The van der Waals surface area contributed by atoms with Crippen molar-refractivity contribution in [1.29, 1.82) is 0 Å². The second-order valence-corrected chi connectivity index (χ2v) is 6.17. The third-order valence-electron chi connectivity index (χ3n) is 3.51. The van der Waals surface area contributed by atoms with Crippen molar-refractivity contribution in [1.82, 2.24) is 5.32 Å². The van der Waals surface area contributed by atoms with E-state index in [2.05, 4.69) is 5.32 Å². The Kier molecular flexibility index (Phi) is 5.58. The molecule has 0 radical (unpaired) electrons. The van der Waals surface area contributed by atoms with Crippen LogP contribution < -0.4 is 10.1 Å². The number of benzene rings is 2. The summed E-state index contributed by atoms with van der Waals surface area (Å²) in [7, 11) is 0. The van der Waals surface area contributed by atoms with Crippen molar-refractivity contribution in [2.75, 3.05) is 0 Å². The first-order chi connectivity index (χ1) is 11.4. The van der Waals surface area contributed by atoms with Crippen LogP contribution in [0.2, 0.25) is 0 Å². The second-order valence-electron chi connectivity index (χ2n) is 6.17. The van der Waals surface area contributed by atoms with Crippen LogP contribution >= 0.6 is 0 Å². The Bertz CT molecular complexity index is 693. The van der Waals surface area contributed by atoms with Crippen LogP contribution in [-0.4, -0.2) is 22.5 Å². The number of nitrogens with one attached hydrogen (secondary N) is 1. The molecule has 0 saturated heterocycles. The van der Waals surface area contributed by atoms with E-state index in [1.54, 1.807) is 38.1 Å². The molecule has 2 rings (SSSR count). The van der Waals surface area contributed by atoms with E-state index in [0.29, 0.717) is 17.7 Å². The van der Waals surface area contributed by atoms with E-state index >= 15 is 0 Å². The lowest BCUT2D eigenvalue weighted by atomic mass is 9.98. The summed E-state index contributed by atoms with van der Waals surface area (Å²) in [6.45, 7) is 3.61. The molecule has 2 aromatic carbocycles. The first kappa shape index (κ1) is 17.5. The summed E-state index contributed by atoms with van der Waals surface area (Å²) >= 11 is 0. The van der Waals surface area contributed by atoms with Gasteiger partial charge in [-0.3, -0.25) is 9.59 Å². The molecule has 2 N–H and O–H groups in total. The van der Waals surface area contributed by atoms with Crippen molar-refractivity contribution in [3.8, 4) is 11.5 Å². The molecule has 0 aliphatic rings. The van der Waals surface area contributed by atoms with Crippen LogP contribution in [0.1, 0.15) is 37.0 Å². The third-order valence-corrected chi connectivity index (χ3v) is 3.51. The van der Waals surface area contributed by atoms with Crippen molar-refractivity contribution < 1.29 is 19.4 Å². The average molecular weight is 327 g/mol. The Morgan fingerprint density at radius 3 is 2.17 bits per heavy atom. The number of hydrogen-bond donors (Lipinski definition) is 2. The van der Waals surface area contributed by atoms with Crippen molar-refractivity contribution in [2.24, 2.45) is 0 Å². The highest BCUT2D eigenvalue weighted by Gasteiger charge is 2.22. The quantitative estimate of drug-likeness (QED) is 0.810. The molecular formula is C19H21NO4. The Hall–Kier alpha value is -2.82. The minimum Gasteiger partial charge on any atom is -0.481 e. The SMILES string of the molecule is CC(C)(CCC(=O)O)NC(=O)c1ccc(Oc2ccccc2)cc1. The maximum Gasteiger partial charge on any atom is 0.303 e. The fourth-order valence-corrected chi connectivity index (χ4v) is 2.16. The number of para-hydroxylation sites is 1. The molecule has 5 heteroatoms. The van der Waals surface area contributed by atoms with Crippen molar-refractivity contribution >= 4 is 11.9 Å². The molecule has 0 spiro atoms. The normalized spacial score (nSPS) is 10.9. The third kappa shape index (κ3) is 5.43. The van der Waals surface area contributed by atoms with E-state index in [1.807, 2.05) is 30.3 Å². The van der Waals surface area contributed by atoms with Gasteiger partial charge >= 0.3 is 5.97 Å². The lowest BCUT2D eigenvalue weighted by molar-refractivity contribution is -0.137. The standard InChI is InChI=1S/C19H21NO4/c1-19(2,13-12-17(21)22)20-18(23)14-8-10-16(11-9-14)24-15-6-4-3-5-7-15/h3-11H,12-13H2,1-2H3,(H,20,23)(H,21,22). The molecule has 0 fully saturated rings. The van der Waals surface area contributed by atoms with Gasteiger partial charge in [0.2, 0.25) is 0 Å². The van der Waals surface area contributed by atoms with Crippen LogP contribution in [0.4, 0.5) is 0 Å². The topological polar surface area (TPSA) is 75.6 Å². The maximum atomic E-state index is 12.3. The van der Waals surface area contributed by atoms with Crippen LogP contribution in [-0.2, 0) is 4.79 Å². The molecule has 24 heavy (non-hydrogen) atoms. The maximum absolute atomic E-state index is 12.3. The Labute approximate surface area is 141 Å². The summed E-state index contributed by atoms with van der Waals surface area (Å²) in [6, 6.07) is 16.2. The molecule has 1 amide bonds. The van der Waals surface area contributed by atoms with E-state index in [0.717, 1.165) is 5.75 Å². The first-order valence-corrected chi connectivity index (χ1v) is 7.73. The Morgan fingerprint density at radius 1 is 1.00 bits per heavy atom. The van der Waals surface area contributed by atoms with Gasteiger partial charge in [0.15, 0.2) is 0 Å². The highest BCUT2D eigenvalue weighted by Crippen LogP contribution is 2.21. The lowest BCUT2D eigenvalue weighted by Gasteiger charge is -2.25. The van der Waals surface area contributed by atoms with E-state index in [-0.39, 0.29) is 12.3 Å². The van der Waals surface area contributed by atoms with Crippen LogP contribution in [0.3, 0.4) is 0 Å². The van der Waals surface area contributed by atoms with Gasteiger partial charge in [0, 0.05) is 17.5 Å². The zero-order chi connectivity index (χ0) is 17.6. The fraction of sp³-hybridized carbons (Fsp3) is 0.263. The number of amides is 1. The molecule has 0 atom stereocenters. The molecule has 0 unspecified atom stereocenters. The lowest BCUT2D eigenvalue weighted by Crippen LogP contribution is -2.43. The smallest absolute Gasteiger partial charge is 0.303 e. The number of rotatable bonds is 7. The number of carboxylic acids is 1. The largest absolute Gasteiger partial charge is 0.481 e. The number of carbonyl (C=O) groups is 2. The van der Waals surface area contributed by atoms with Crippen LogP contribution in [0, 0.1) is 0 Å². The van der Waals surface area contributed by atoms with Gasteiger partial charge in [-0.25, -0.2) is 0 Å². The van der Waals surface area contributed by atoms with Gasteiger partial charge in [-0.1, -0.05) is 18.2 Å². The van der Waals surface area contributed by atoms with Gasteiger partial charge in [0.05, 0.1) is 0 Å². The summed E-state index contributed by atoms with van der Waals surface area (Å²) < 4.78 is 5.68. The van der Waals surface area contributed by atoms with Crippen LogP contribution in [0.15, 0.2) is 54.6 Å². The number of hydrogen-bond acceptors (Lipinski definition) is 3. The van der Waals surface area contributed by atoms with Gasteiger partial charge in [-0.05, 0) is 56.7 Å². The molecule has 0 aliphatic carbocycles. The molecule has 0 aromatic heterocycles. The van der Waals surface area contributed by atoms with Crippen LogP contribution in [0.25, 0.3) is 0 Å². The van der Waals surface area contributed by atoms with Crippen LogP contribution in [0.5, 0.6) is 11.5 Å². The number of carboxylic acid groups (broad SMARTS) is 1. The van der Waals surface area contributed by atoms with Crippen molar-refractivity contribution in [3.05, 3.63) is 60.2 Å². The molecule has 0 aliphatic heterocycles. The van der Waals surface area contributed by atoms with E-state index in [4.69, 9.17) is 9.84 Å². The molecule has 0 bridgehead atoms. The highest BCUT2D eigenvalue weighted by molar-refractivity contribution is 5.94. The summed E-state index contributed by atoms with van der Waals surface area (Å²) in [5, 5.41) is 11.6. The Morgan fingerprint density at radius 2 is 1.58 bits per heavy atom. The second kappa shape index (κ2) is 7.64.